The molecule has 1 aromatic heterocycles. The number of carbonyl (C=O) groups excluding carboxylic acids is 1. The molecule has 0 unspecified atom stereocenters. The maximum Gasteiger partial charge on any atom is 0.326 e. The third-order valence-corrected chi connectivity index (χ3v) is 3.24. The molecule has 1 heterocycles. The summed E-state index contributed by atoms with van der Waals surface area (Å²) in [4.78, 5) is 22.9. The number of nitrogens with one attached hydrogen (secondary N) is 1. The molecule has 0 radical (unpaired) electrons. The van der Waals surface area contributed by atoms with Gasteiger partial charge in [0.2, 0.25) is 0 Å². The summed E-state index contributed by atoms with van der Waals surface area (Å²) in [5.41, 5.74) is 1.47. The summed E-state index contributed by atoms with van der Waals surface area (Å²) in [6.07, 6.45) is 0.285. The molecule has 6 heteroatoms. The Morgan fingerprint density at radius 1 is 1.27 bits per heavy atom. The third kappa shape index (κ3) is 3.53. The molecule has 0 aliphatic rings. The first-order valence-corrected chi connectivity index (χ1v) is 6.88. The van der Waals surface area contributed by atoms with Crippen molar-refractivity contribution in [3.63, 3.8) is 0 Å². The molecule has 22 heavy (non-hydrogen) atoms. The van der Waals surface area contributed by atoms with Gasteiger partial charge < -0.3 is 19.9 Å². The maximum atomic E-state index is 12.0. The Hall–Kier alpha value is -2.60. The number of carbonyl (C=O) groups is 2. The van der Waals surface area contributed by atoms with E-state index in [0.717, 1.165) is 11.1 Å². The topological polar surface area (TPSA) is 99.8 Å². The van der Waals surface area contributed by atoms with Gasteiger partial charge in [0.25, 0.3) is 5.91 Å². The lowest BCUT2D eigenvalue weighted by molar-refractivity contribution is -0.139. The van der Waals surface area contributed by atoms with Crippen LogP contribution in [0.4, 0.5) is 0 Å². The summed E-state index contributed by atoms with van der Waals surface area (Å²) >= 11 is 0. The lowest BCUT2D eigenvalue weighted by Gasteiger charge is -2.10. The van der Waals surface area contributed by atoms with Gasteiger partial charge in [-0.15, -0.1) is 0 Å². The largest absolute Gasteiger partial charge is 0.480 e. The van der Waals surface area contributed by atoms with E-state index in [2.05, 4.69) is 5.32 Å². The van der Waals surface area contributed by atoms with Crippen LogP contribution in [0.15, 0.2) is 40.8 Å². The molecule has 0 saturated carbocycles. The predicted octanol–water partition coefficient (Wildman–Crippen LogP) is 2.03. The molecule has 0 aliphatic carbocycles. The van der Waals surface area contributed by atoms with Crippen molar-refractivity contribution in [3.8, 4) is 11.3 Å². The van der Waals surface area contributed by atoms with Crippen LogP contribution >= 0.6 is 0 Å². The number of aliphatic carboxylic acids is 1. The van der Waals surface area contributed by atoms with Crippen molar-refractivity contribution in [3.05, 3.63) is 47.7 Å². The van der Waals surface area contributed by atoms with E-state index >= 15 is 0 Å². The molecule has 0 fully saturated rings. The highest BCUT2D eigenvalue weighted by molar-refractivity contribution is 5.94. The van der Waals surface area contributed by atoms with Crippen molar-refractivity contribution in [1.82, 2.24) is 5.32 Å². The first-order valence-electron chi connectivity index (χ1n) is 6.88. The number of hydrogen-bond donors (Lipinski definition) is 3. The van der Waals surface area contributed by atoms with Gasteiger partial charge in [0.15, 0.2) is 5.76 Å². The quantitative estimate of drug-likeness (QED) is 0.758. The van der Waals surface area contributed by atoms with E-state index < -0.39 is 17.9 Å². The minimum absolute atomic E-state index is 0.0455. The minimum atomic E-state index is -1.08. The third-order valence-electron chi connectivity index (χ3n) is 3.24. The summed E-state index contributed by atoms with van der Waals surface area (Å²) in [5, 5.41) is 20.5. The van der Waals surface area contributed by atoms with Gasteiger partial charge >= 0.3 is 5.97 Å². The monoisotopic (exact) mass is 303 g/mol. The summed E-state index contributed by atoms with van der Waals surface area (Å²) < 4.78 is 5.47. The van der Waals surface area contributed by atoms with Crippen molar-refractivity contribution in [1.29, 1.82) is 0 Å². The average Bonchev–Trinajstić information content (AvgIpc) is 3.02. The molecule has 6 nitrogen and oxygen atoms in total. The van der Waals surface area contributed by atoms with E-state index in [9.17, 15) is 9.59 Å². The number of aliphatic hydroxyl groups is 1. The Morgan fingerprint density at radius 3 is 2.68 bits per heavy atom. The molecule has 0 bridgehead atoms. The van der Waals surface area contributed by atoms with Crippen LogP contribution < -0.4 is 5.32 Å². The van der Waals surface area contributed by atoms with Gasteiger partial charge in [0.1, 0.15) is 11.8 Å². The number of carboxylic acids is 1. The van der Waals surface area contributed by atoms with Crippen molar-refractivity contribution >= 4 is 11.9 Å². The van der Waals surface area contributed by atoms with Gasteiger partial charge in [-0.1, -0.05) is 25.1 Å². The van der Waals surface area contributed by atoms with Crippen molar-refractivity contribution in [2.75, 3.05) is 0 Å². The lowest BCUT2D eigenvalue weighted by Crippen LogP contribution is -2.40. The Balaban J connectivity index is 2.17. The Kier molecular flexibility index (Phi) is 4.95. The van der Waals surface area contributed by atoms with Crippen molar-refractivity contribution in [2.24, 2.45) is 0 Å². The molecular formula is C16H17NO5. The molecule has 0 aliphatic heterocycles. The van der Waals surface area contributed by atoms with Crippen LogP contribution in [0.3, 0.4) is 0 Å². The molecule has 1 aromatic carbocycles. The summed E-state index contributed by atoms with van der Waals surface area (Å²) in [6.45, 7) is 1.59. The van der Waals surface area contributed by atoms with Crippen LogP contribution in [0.5, 0.6) is 0 Å². The van der Waals surface area contributed by atoms with Gasteiger partial charge in [-0.25, -0.2) is 4.79 Å². The van der Waals surface area contributed by atoms with Gasteiger partial charge in [0, 0.05) is 5.56 Å². The molecule has 3 N–H and O–H groups in total. The normalized spacial score (nSPS) is 11.9. The van der Waals surface area contributed by atoms with Crippen LogP contribution in [0.1, 0.15) is 29.5 Å². The number of rotatable bonds is 6. The molecule has 1 atom stereocenters. The highest BCUT2D eigenvalue weighted by Crippen LogP contribution is 2.23. The van der Waals surface area contributed by atoms with Gasteiger partial charge in [-0.3, -0.25) is 4.79 Å². The SMILES string of the molecule is CC[C@H](NC(=O)c1ccc(-c2cccc(CO)c2)o1)C(=O)O. The standard InChI is InChI=1S/C16H17NO5/c1-2-12(16(20)21)17-15(19)14-7-6-13(22-14)11-5-3-4-10(8-11)9-18/h3-8,12,18H,2,9H2,1H3,(H,17,19)(H,20,21)/t12-/m0/s1. The summed E-state index contributed by atoms with van der Waals surface area (Å²) in [6, 6.07) is 9.29. The first-order chi connectivity index (χ1) is 10.5. The maximum absolute atomic E-state index is 12.0. The van der Waals surface area contributed by atoms with Crippen LogP contribution in [-0.4, -0.2) is 28.1 Å². The highest BCUT2D eigenvalue weighted by atomic mass is 16.4. The summed E-state index contributed by atoms with van der Waals surface area (Å²) in [7, 11) is 0. The van der Waals surface area contributed by atoms with E-state index in [-0.39, 0.29) is 18.8 Å². The number of amides is 1. The van der Waals surface area contributed by atoms with E-state index in [4.69, 9.17) is 14.6 Å². The molecule has 0 spiro atoms. The number of furan rings is 1. The number of hydrogen-bond acceptors (Lipinski definition) is 4. The fraction of sp³-hybridized carbons (Fsp3) is 0.250. The molecule has 1 amide bonds. The first kappa shape index (κ1) is 15.8. The van der Waals surface area contributed by atoms with Crippen LogP contribution in [0.25, 0.3) is 11.3 Å². The Bertz CT molecular complexity index is 677. The fourth-order valence-electron chi connectivity index (χ4n) is 2.01. The molecule has 116 valence electrons. The van der Waals surface area contributed by atoms with Crippen LogP contribution in [0, 0.1) is 0 Å². The second-order valence-electron chi connectivity index (χ2n) is 4.79. The molecule has 2 aromatic rings. The number of aliphatic hydroxyl groups excluding tert-OH is 1. The van der Waals surface area contributed by atoms with Gasteiger partial charge in [-0.2, -0.15) is 0 Å². The smallest absolute Gasteiger partial charge is 0.326 e. The number of benzene rings is 1. The number of carboxylic acid groups (broad SMARTS) is 1. The minimum Gasteiger partial charge on any atom is -0.480 e. The van der Waals surface area contributed by atoms with Gasteiger partial charge in [-0.05, 0) is 30.2 Å². The summed E-state index contributed by atoms with van der Waals surface area (Å²) in [5.74, 6) is -1.13. The zero-order chi connectivity index (χ0) is 16.1. The Morgan fingerprint density at radius 2 is 2.05 bits per heavy atom. The lowest BCUT2D eigenvalue weighted by atomic mass is 10.1. The second kappa shape index (κ2) is 6.91. The van der Waals surface area contributed by atoms with Crippen molar-refractivity contribution < 1.29 is 24.2 Å². The van der Waals surface area contributed by atoms with Crippen LogP contribution in [0.2, 0.25) is 0 Å². The zero-order valence-corrected chi connectivity index (χ0v) is 12.1. The second-order valence-corrected chi connectivity index (χ2v) is 4.79. The fourth-order valence-corrected chi connectivity index (χ4v) is 2.01. The molecule has 0 saturated heterocycles. The Labute approximate surface area is 127 Å². The van der Waals surface area contributed by atoms with E-state index in [1.165, 1.54) is 6.07 Å². The van der Waals surface area contributed by atoms with E-state index in [0.29, 0.717) is 5.76 Å². The van der Waals surface area contributed by atoms with Crippen molar-refractivity contribution in [2.45, 2.75) is 26.0 Å². The molecule has 2 rings (SSSR count). The van der Waals surface area contributed by atoms with Crippen LogP contribution in [-0.2, 0) is 11.4 Å². The zero-order valence-electron chi connectivity index (χ0n) is 12.1. The van der Waals surface area contributed by atoms with E-state index in [1.807, 2.05) is 0 Å². The molecular weight excluding hydrogens is 286 g/mol. The van der Waals surface area contributed by atoms with Gasteiger partial charge in [0.05, 0.1) is 6.61 Å². The highest BCUT2D eigenvalue weighted by Gasteiger charge is 2.20. The predicted molar refractivity (Wildman–Crippen MR) is 79.2 cm³/mol. The van der Waals surface area contributed by atoms with E-state index in [1.54, 1.807) is 37.3 Å². The average molecular weight is 303 g/mol.